The number of carbonyl (C=O) groups is 1. The Morgan fingerprint density at radius 3 is 2.69 bits per heavy atom. The van der Waals surface area contributed by atoms with Crippen LogP contribution in [0, 0.1) is 0 Å². The zero-order valence-corrected chi connectivity index (χ0v) is 16.5. The highest BCUT2D eigenvalue weighted by molar-refractivity contribution is 6.34. The maximum Gasteiger partial charge on any atom is 0.410 e. The number of pyridine rings is 1. The minimum Gasteiger partial charge on any atom is -0.495 e. The lowest BCUT2D eigenvalue weighted by Crippen LogP contribution is -2.33. The van der Waals surface area contributed by atoms with Crippen LogP contribution in [0.25, 0.3) is 17.0 Å². The van der Waals surface area contributed by atoms with Gasteiger partial charge in [0.05, 0.1) is 30.7 Å². The van der Waals surface area contributed by atoms with Crippen LogP contribution in [-0.4, -0.2) is 28.7 Å². The van der Waals surface area contributed by atoms with E-state index in [1.54, 1.807) is 12.0 Å². The van der Waals surface area contributed by atoms with Crippen molar-refractivity contribution in [1.29, 1.82) is 0 Å². The van der Waals surface area contributed by atoms with Crippen molar-refractivity contribution in [3.8, 4) is 5.75 Å². The lowest BCUT2D eigenvalue weighted by atomic mass is 10.0. The van der Waals surface area contributed by atoms with E-state index < -0.39 is 5.60 Å². The molecular weight excluding hydrogens is 352 g/mol. The van der Waals surface area contributed by atoms with Gasteiger partial charge >= 0.3 is 6.09 Å². The number of allylic oxidation sites excluding steroid dienone is 1. The molecular formula is C20H23ClN2O3. The third kappa shape index (κ3) is 3.36. The van der Waals surface area contributed by atoms with E-state index in [-0.39, 0.29) is 6.09 Å². The van der Waals surface area contributed by atoms with Gasteiger partial charge in [0.2, 0.25) is 0 Å². The molecule has 1 aliphatic heterocycles. The van der Waals surface area contributed by atoms with Crippen molar-refractivity contribution in [2.45, 2.75) is 46.4 Å². The fraction of sp³-hybridized carbons (Fsp3) is 0.400. The standard InChI is InChI=1S/C20H23ClN2O3/c1-6-7-13-17(21)16(25-5)8-14-15-11-23(19(24)26-20(2,3)4)10-12(15)9-22-18(13)14/h6-9H,10-11H2,1-5H3/b7-6+. The van der Waals surface area contributed by atoms with Crippen LogP contribution in [0.1, 0.15) is 44.4 Å². The minimum atomic E-state index is -0.526. The number of methoxy groups -OCH3 is 1. The van der Waals surface area contributed by atoms with Crippen molar-refractivity contribution in [2.75, 3.05) is 7.11 Å². The first-order valence-electron chi connectivity index (χ1n) is 8.52. The third-order valence-corrected chi connectivity index (χ3v) is 4.61. The lowest BCUT2D eigenvalue weighted by molar-refractivity contribution is 0.0242. The highest BCUT2D eigenvalue weighted by atomic mass is 35.5. The van der Waals surface area contributed by atoms with Gasteiger partial charge in [0.15, 0.2) is 0 Å². The topological polar surface area (TPSA) is 51.7 Å². The molecule has 0 aliphatic carbocycles. The van der Waals surface area contributed by atoms with Crippen LogP contribution in [0.15, 0.2) is 18.3 Å². The molecule has 0 saturated heterocycles. The Hall–Kier alpha value is -2.27. The Balaban J connectivity index is 2.07. The molecule has 0 saturated carbocycles. The fourth-order valence-corrected chi connectivity index (χ4v) is 3.39. The van der Waals surface area contributed by atoms with Crippen molar-refractivity contribution >= 4 is 34.7 Å². The summed E-state index contributed by atoms with van der Waals surface area (Å²) in [4.78, 5) is 18.7. The molecule has 1 amide bonds. The number of carbonyl (C=O) groups excluding carboxylic acids is 1. The molecule has 0 spiro atoms. The quantitative estimate of drug-likeness (QED) is 0.726. The Morgan fingerprint density at radius 1 is 1.35 bits per heavy atom. The first kappa shape index (κ1) is 18.5. The number of halogens is 1. The molecule has 6 heteroatoms. The summed E-state index contributed by atoms with van der Waals surface area (Å²) in [6, 6.07) is 1.90. The van der Waals surface area contributed by atoms with Crippen molar-refractivity contribution in [2.24, 2.45) is 0 Å². The smallest absolute Gasteiger partial charge is 0.410 e. The van der Waals surface area contributed by atoms with E-state index in [0.29, 0.717) is 23.9 Å². The molecule has 26 heavy (non-hydrogen) atoms. The van der Waals surface area contributed by atoms with Crippen LogP contribution in [-0.2, 0) is 17.8 Å². The second-order valence-electron chi connectivity index (χ2n) is 7.30. The summed E-state index contributed by atoms with van der Waals surface area (Å²) in [6.07, 6.45) is 5.34. The SMILES string of the molecule is C/C=C/c1c(Cl)c(OC)cc2c3c(cnc12)CN(C(=O)OC(C)(C)C)C3. The molecule has 0 N–H and O–H groups in total. The van der Waals surface area contributed by atoms with E-state index in [1.807, 2.05) is 52.1 Å². The molecule has 1 aromatic heterocycles. The number of ether oxygens (including phenoxy) is 2. The summed E-state index contributed by atoms with van der Waals surface area (Å²) < 4.78 is 10.9. The van der Waals surface area contributed by atoms with Gasteiger partial charge in [-0.15, -0.1) is 0 Å². The van der Waals surface area contributed by atoms with Gasteiger partial charge in [-0.1, -0.05) is 23.8 Å². The Kier molecular flexibility index (Phi) is 4.84. The van der Waals surface area contributed by atoms with E-state index in [4.69, 9.17) is 21.1 Å². The molecule has 2 aromatic rings. The third-order valence-electron chi connectivity index (χ3n) is 4.22. The highest BCUT2D eigenvalue weighted by Crippen LogP contribution is 2.39. The maximum absolute atomic E-state index is 12.4. The van der Waals surface area contributed by atoms with Gasteiger partial charge < -0.3 is 9.47 Å². The molecule has 5 nitrogen and oxygen atoms in total. The average molecular weight is 375 g/mol. The van der Waals surface area contributed by atoms with Crippen LogP contribution in [0.5, 0.6) is 5.75 Å². The average Bonchev–Trinajstić information content (AvgIpc) is 3.00. The summed E-state index contributed by atoms with van der Waals surface area (Å²) in [7, 11) is 1.59. The maximum atomic E-state index is 12.4. The molecule has 0 atom stereocenters. The van der Waals surface area contributed by atoms with Crippen LogP contribution in [0.4, 0.5) is 4.79 Å². The number of nitrogens with zero attached hydrogens (tertiary/aromatic N) is 2. The van der Waals surface area contributed by atoms with Gasteiger partial charge in [-0.25, -0.2) is 4.79 Å². The monoisotopic (exact) mass is 374 g/mol. The number of amides is 1. The van der Waals surface area contributed by atoms with Crippen molar-refractivity contribution < 1.29 is 14.3 Å². The molecule has 1 aromatic carbocycles. The second-order valence-corrected chi connectivity index (χ2v) is 7.68. The zero-order chi connectivity index (χ0) is 19.1. The van der Waals surface area contributed by atoms with Gasteiger partial charge in [-0.2, -0.15) is 0 Å². The molecule has 0 radical (unpaired) electrons. The van der Waals surface area contributed by atoms with Crippen LogP contribution in [0.2, 0.25) is 5.02 Å². The Bertz CT molecular complexity index is 900. The van der Waals surface area contributed by atoms with E-state index in [9.17, 15) is 4.79 Å². The highest BCUT2D eigenvalue weighted by Gasteiger charge is 2.30. The number of benzene rings is 1. The summed E-state index contributed by atoms with van der Waals surface area (Å²) in [5, 5.41) is 1.48. The lowest BCUT2D eigenvalue weighted by Gasteiger charge is -2.24. The van der Waals surface area contributed by atoms with Crippen molar-refractivity contribution in [3.05, 3.63) is 40.1 Å². The number of hydrogen-bond acceptors (Lipinski definition) is 4. The second kappa shape index (κ2) is 6.80. The van der Waals surface area contributed by atoms with Crippen LogP contribution in [0.3, 0.4) is 0 Å². The van der Waals surface area contributed by atoms with Gasteiger partial charge in [-0.3, -0.25) is 9.88 Å². The van der Waals surface area contributed by atoms with Gasteiger partial charge in [0, 0.05) is 17.1 Å². The molecule has 138 valence electrons. The Morgan fingerprint density at radius 2 is 2.08 bits per heavy atom. The van der Waals surface area contributed by atoms with E-state index in [2.05, 4.69) is 4.98 Å². The van der Waals surface area contributed by atoms with E-state index >= 15 is 0 Å². The number of hydrogen-bond donors (Lipinski definition) is 0. The molecule has 0 unspecified atom stereocenters. The number of fused-ring (bicyclic) bond motifs is 3. The van der Waals surface area contributed by atoms with Gasteiger partial charge in [0.1, 0.15) is 11.4 Å². The predicted molar refractivity (Wildman–Crippen MR) is 103 cm³/mol. The van der Waals surface area contributed by atoms with Crippen LogP contribution < -0.4 is 4.74 Å². The van der Waals surface area contributed by atoms with Gasteiger partial charge in [-0.05, 0) is 44.9 Å². The van der Waals surface area contributed by atoms with E-state index in [0.717, 1.165) is 27.6 Å². The van der Waals surface area contributed by atoms with Crippen molar-refractivity contribution in [3.63, 3.8) is 0 Å². The predicted octanol–water partition coefficient (Wildman–Crippen LogP) is 5.18. The Labute approximate surface area is 158 Å². The fourth-order valence-electron chi connectivity index (χ4n) is 3.11. The summed E-state index contributed by atoms with van der Waals surface area (Å²) >= 11 is 6.47. The summed E-state index contributed by atoms with van der Waals surface area (Å²) in [6.45, 7) is 8.48. The summed E-state index contributed by atoms with van der Waals surface area (Å²) in [5.41, 5.74) is 3.17. The van der Waals surface area contributed by atoms with Gasteiger partial charge in [0.25, 0.3) is 0 Å². The first-order chi connectivity index (χ1) is 12.2. The number of rotatable bonds is 2. The van der Waals surface area contributed by atoms with Crippen molar-refractivity contribution in [1.82, 2.24) is 9.88 Å². The molecule has 0 bridgehead atoms. The normalized spacial score (nSPS) is 14.2. The largest absolute Gasteiger partial charge is 0.495 e. The molecule has 1 aliphatic rings. The molecule has 3 rings (SSSR count). The summed E-state index contributed by atoms with van der Waals surface area (Å²) in [5.74, 6) is 0.596. The minimum absolute atomic E-state index is 0.323. The first-order valence-corrected chi connectivity index (χ1v) is 8.90. The molecule has 2 heterocycles. The van der Waals surface area contributed by atoms with E-state index in [1.165, 1.54) is 0 Å². The number of aromatic nitrogens is 1. The molecule has 0 fully saturated rings. The van der Waals surface area contributed by atoms with Crippen LogP contribution >= 0.6 is 11.6 Å². The zero-order valence-electron chi connectivity index (χ0n) is 15.7.